The van der Waals surface area contributed by atoms with Crippen molar-refractivity contribution >= 4 is 36.2 Å². The lowest BCUT2D eigenvalue weighted by atomic mass is 9.68. The predicted molar refractivity (Wildman–Crippen MR) is 148 cm³/mol. The van der Waals surface area contributed by atoms with Crippen LogP contribution in [0.25, 0.3) is 6.08 Å². The highest BCUT2D eigenvalue weighted by atomic mass is 16.4. The summed E-state index contributed by atoms with van der Waals surface area (Å²) in [4.78, 5) is 28.0. The molecule has 0 radical (unpaired) electrons. The van der Waals surface area contributed by atoms with Crippen LogP contribution in [0.1, 0.15) is 50.5 Å². The second-order valence-electron chi connectivity index (χ2n) is 10.4. The van der Waals surface area contributed by atoms with E-state index in [9.17, 15) is 40.1 Å². The molecule has 2 heterocycles. The Labute approximate surface area is 233 Å². The van der Waals surface area contributed by atoms with Gasteiger partial charge in [0.25, 0.3) is 0 Å². The fraction of sp³-hybridized carbons (Fsp3) is 0.448. The van der Waals surface area contributed by atoms with Crippen LogP contribution < -0.4 is 10.4 Å². The van der Waals surface area contributed by atoms with Crippen molar-refractivity contribution in [2.75, 3.05) is 18.1 Å². The van der Waals surface area contributed by atoms with Crippen LogP contribution in [0.15, 0.2) is 57.5 Å². The van der Waals surface area contributed by atoms with E-state index in [-0.39, 0.29) is 30.6 Å². The van der Waals surface area contributed by atoms with Gasteiger partial charge in [0.2, 0.25) is 11.8 Å². The molecule has 214 valence electrons. The number of rotatable bonds is 12. The second-order valence-corrected chi connectivity index (χ2v) is 10.4. The topological polar surface area (TPSA) is 172 Å². The smallest absolute Gasteiger partial charge is 0.459 e. The maximum Gasteiger partial charge on any atom is 0.488 e. The van der Waals surface area contributed by atoms with E-state index in [0.29, 0.717) is 29.1 Å². The molecule has 0 spiro atoms. The van der Waals surface area contributed by atoms with Gasteiger partial charge >= 0.3 is 7.12 Å². The molecule has 0 bridgehead atoms. The molecule has 2 amide bonds. The first-order valence-electron chi connectivity index (χ1n) is 13.6. The molecule has 0 unspecified atom stereocenters. The van der Waals surface area contributed by atoms with Crippen molar-refractivity contribution in [1.82, 2.24) is 0 Å². The average Bonchev–Trinajstić information content (AvgIpc) is 3.51. The number of amides is 2. The first kappa shape index (κ1) is 29.9. The number of aliphatic hydroxyl groups excluding tert-OH is 4. The van der Waals surface area contributed by atoms with Crippen LogP contribution in [0.3, 0.4) is 0 Å². The molecule has 1 aromatic carbocycles. The van der Waals surface area contributed by atoms with Crippen molar-refractivity contribution in [2.24, 2.45) is 17.8 Å². The van der Waals surface area contributed by atoms with Gasteiger partial charge in [-0.25, -0.2) is 0 Å². The number of carbonyl (C=O) groups is 2. The number of hydrogen-bond donors (Lipinski definition) is 6. The molecule has 40 heavy (non-hydrogen) atoms. The summed E-state index contributed by atoms with van der Waals surface area (Å²) < 4.78 is 5.57. The minimum absolute atomic E-state index is 0.0709. The van der Waals surface area contributed by atoms with E-state index in [1.165, 1.54) is 24.3 Å². The third-order valence-electron chi connectivity index (χ3n) is 7.85. The number of carbonyl (C=O) groups excluding carboxylic acids is 2. The van der Waals surface area contributed by atoms with E-state index in [1.54, 1.807) is 12.1 Å². The van der Waals surface area contributed by atoms with Crippen molar-refractivity contribution in [3.05, 3.63) is 64.6 Å². The fourth-order valence-electron chi connectivity index (χ4n) is 6.01. The monoisotopic (exact) mass is 553 g/mol. The molecule has 4 atom stereocenters. The zero-order valence-electron chi connectivity index (χ0n) is 22.4. The van der Waals surface area contributed by atoms with Gasteiger partial charge in [-0.05, 0) is 72.6 Å². The molecular weight excluding hydrogens is 517 g/mol. The summed E-state index contributed by atoms with van der Waals surface area (Å²) in [5.74, 6) is -2.59. The summed E-state index contributed by atoms with van der Waals surface area (Å²) in [7, 11) is -1.78. The number of fused-ring (bicyclic) bond motifs is 1. The maximum atomic E-state index is 13.6. The molecule has 6 N–H and O–H groups in total. The zero-order valence-corrected chi connectivity index (χ0v) is 22.4. The van der Waals surface area contributed by atoms with E-state index in [2.05, 4.69) is 0 Å². The summed E-state index contributed by atoms with van der Waals surface area (Å²) >= 11 is 0. The van der Waals surface area contributed by atoms with Gasteiger partial charge in [0.15, 0.2) is 0 Å². The lowest BCUT2D eigenvalue weighted by Gasteiger charge is -2.36. The number of benzene rings is 1. The Morgan fingerprint density at radius 3 is 2.50 bits per heavy atom. The Balaban J connectivity index is 1.58. The van der Waals surface area contributed by atoms with Crippen LogP contribution in [0.5, 0.6) is 0 Å². The van der Waals surface area contributed by atoms with Crippen molar-refractivity contribution in [2.45, 2.75) is 51.7 Å². The van der Waals surface area contributed by atoms with Crippen LogP contribution in [-0.2, 0) is 16.2 Å². The van der Waals surface area contributed by atoms with Crippen molar-refractivity contribution in [3.63, 3.8) is 0 Å². The number of allylic oxidation sites excluding steroid dienone is 1. The van der Waals surface area contributed by atoms with Gasteiger partial charge in [-0.2, -0.15) is 0 Å². The van der Waals surface area contributed by atoms with E-state index in [4.69, 9.17) is 4.42 Å². The quantitative estimate of drug-likeness (QED) is 0.127. The highest BCUT2D eigenvalue weighted by Gasteiger charge is 2.55. The molecule has 11 heteroatoms. The third-order valence-corrected chi connectivity index (χ3v) is 7.85. The molecule has 2 aromatic rings. The lowest BCUT2D eigenvalue weighted by Crippen LogP contribution is -2.39. The molecule has 0 saturated carbocycles. The van der Waals surface area contributed by atoms with Crippen LogP contribution in [0.4, 0.5) is 5.69 Å². The highest BCUT2D eigenvalue weighted by Crippen LogP contribution is 2.47. The van der Waals surface area contributed by atoms with Gasteiger partial charge in [0.05, 0.1) is 36.8 Å². The molecule has 1 aliphatic heterocycles. The zero-order chi connectivity index (χ0) is 29.0. The Bertz CT molecular complexity index is 1280. The lowest BCUT2D eigenvalue weighted by molar-refractivity contribution is -0.123. The number of furan rings is 1. The maximum absolute atomic E-state index is 13.6. The van der Waals surface area contributed by atoms with Crippen LogP contribution in [0.2, 0.25) is 0 Å². The largest absolute Gasteiger partial charge is 0.488 e. The highest BCUT2D eigenvalue weighted by molar-refractivity contribution is 6.58. The van der Waals surface area contributed by atoms with E-state index < -0.39 is 56.0 Å². The number of hydrogen-bond acceptors (Lipinski definition) is 9. The normalized spacial score (nSPS) is 22.2. The predicted octanol–water partition coefficient (Wildman–Crippen LogP) is 0.883. The van der Waals surface area contributed by atoms with Crippen LogP contribution in [-0.4, -0.2) is 68.7 Å². The van der Waals surface area contributed by atoms with E-state index in [0.717, 1.165) is 23.3 Å². The Morgan fingerprint density at radius 1 is 1.10 bits per heavy atom. The Kier molecular flexibility index (Phi) is 9.78. The number of imide groups is 1. The summed E-state index contributed by atoms with van der Waals surface area (Å²) in [6, 6.07) is 9.30. The summed E-state index contributed by atoms with van der Waals surface area (Å²) in [6.45, 7) is 0.916. The first-order valence-corrected chi connectivity index (χ1v) is 13.6. The molecule has 10 nitrogen and oxygen atoms in total. The molecule has 1 aliphatic carbocycles. The van der Waals surface area contributed by atoms with Gasteiger partial charge in [-0.15, -0.1) is 0 Å². The number of aliphatic hydroxyl groups is 4. The number of anilines is 1. The Hall–Kier alpha value is -3.06. The average molecular weight is 553 g/mol. The molecule has 1 aromatic heterocycles. The minimum atomic E-state index is -1.78. The summed E-state index contributed by atoms with van der Waals surface area (Å²) in [5.41, 5.74) is 2.16. The SMILES string of the molecule is CCC/C(=C\c1ccc(CO)o1)CC[C@@H](O)C1=C(CO)C[C@H]2C(=O)N(c3cccc(B(O)O)c3)C(=O)[C@H]2[C@H]1CO. The second kappa shape index (κ2) is 13.1. The van der Waals surface area contributed by atoms with Gasteiger partial charge in [0, 0.05) is 5.92 Å². The number of nitrogens with zero attached hydrogens (tertiary/aromatic N) is 1. The van der Waals surface area contributed by atoms with Gasteiger partial charge in [0.1, 0.15) is 18.1 Å². The van der Waals surface area contributed by atoms with Gasteiger partial charge < -0.3 is 34.9 Å². The third kappa shape index (κ3) is 6.00. The summed E-state index contributed by atoms with van der Waals surface area (Å²) in [5, 5.41) is 60.3. The van der Waals surface area contributed by atoms with Gasteiger partial charge in [-0.1, -0.05) is 31.1 Å². The standard InChI is InChI=1S/C29H36BNO9/c1-2-4-17(11-21-8-9-22(15-33)40-21)7-10-25(35)26-18(14-32)12-23-27(24(26)16-34)29(37)31(28(23)36)20-6-3-5-19(13-20)30(38)39/h3,5-6,8-9,11,13,23-25,27,32-35,38-39H,2,4,7,10,12,14-16H2,1H3/b17-11+/t23-,24+,25-,27-/m1/s1. The summed E-state index contributed by atoms with van der Waals surface area (Å²) in [6.07, 6.45) is 3.28. The van der Waals surface area contributed by atoms with E-state index >= 15 is 0 Å². The van der Waals surface area contributed by atoms with Gasteiger partial charge in [-0.3, -0.25) is 14.5 Å². The van der Waals surface area contributed by atoms with Crippen molar-refractivity contribution < 1.29 is 44.5 Å². The first-order chi connectivity index (χ1) is 19.2. The van der Waals surface area contributed by atoms with Crippen molar-refractivity contribution in [1.29, 1.82) is 0 Å². The molecule has 1 fully saturated rings. The van der Waals surface area contributed by atoms with Crippen LogP contribution in [0, 0.1) is 17.8 Å². The minimum Gasteiger partial charge on any atom is -0.459 e. The van der Waals surface area contributed by atoms with E-state index in [1.807, 2.05) is 13.0 Å². The van der Waals surface area contributed by atoms with Crippen LogP contribution >= 0.6 is 0 Å². The molecule has 4 rings (SSSR count). The Morgan fingerprint density at radius 2 is 1.88 bits per heavy atom. The van der Waals surface area contributed by atoms with Crippen molar-refractivity contribution in [3.8, 4) is 0 Å². The molecule has 1 saturated heterocycles. The fourth-order valence-corrected chi connectivity index (χ4v) is 6.01. The molecule has 2 aliphatic rings. The molecular formula is C29H36BNO9.